The van der Waals surface area contributed by atoms with Gasteiger partial charge in [0.15, 0.2) is 0 Å². The van der Waals surface area contributed by atoms with E-state index in [9.17, 15) is 4.79 Å². The summed E-state index contributed by atoms with van der Waals surface area (Å²) in [7, 11) is 3.35. The number of likely N-dealkylation sites (tertiary alicyclic amines) is 1. The Kier molecular flexibility index (Phi) is 5.52. The minimum atomic E-state index is -0.344. The van der Waals surface area contributed by atoms with Gasteiger partial charge in [-0.25, -0.2) is 4.79 Å². The maximum absolute atomic E-state index is 12.2. The van der Waals surface area contributed by atoms with Crippen molar-refractivity contribution < 1.29 is 13.9 Å². The Morgan fingerprint density at radius 1 is 1.17 bits per heavy atom. The van der Waals surface area contributed by atoms with E-state index in [2.05, 4.69) is 4.90 Å². The standard InChI is InChI=1S/C23H24ClNO4/c1-14-9-22-17(12-19(14)24)15(10-23(26)29-22)13-25-8-4-5-20(25)18-11-16(27-2)6-7-21(18)28-3/h6-7,9-12,20H,4-5,8,13H2,1-3H3. The molecule has 4 rings (SSSR count). The summed E-state index contributed by atoms with van der Waals surface area (Å²) in [5, 5.41) is 1.54. The highest BCUT2D eigenvalue weighted by Crippen LogP contribution is 2.40. The first-order valence-electron chi connectivity index (χ1n) is 9.69. The summed E-state index contributed by atoms with van der Waals surface area (Å²) in [4.78, 5) is 14.5. The van der Waals surface area contributed by atoms with Crippen molar-refractivity contribution in [2.45, 2.75) is 32.4 Å². The van der Waals surface area contributed by atoms with Crippen molar-refractivity contribution in [3.05, 3.63) is 68.5 Å². The first kappa shape index (κ1) is 19.8. The second-order valence-corrected chi connectivity index (χ2v) is 7.83. The van der Waals surface area contributed by atoms with Crippen molar-refractivity contribution in [1.29, 1.82) is 0 Å². The molecule has 0 radical (unpaired) electrons. The molecular formula is C23H24ClNO4. The molecule has 1 aliphatic heterocycles. The Morgan fingerprint density at radius 2 is 2.00 bits per heavy atom. The second kappa shape index (κ2) is 8.09. The first-order valence-corrected chi connectivity index (χ1v) is 10.1. The maximum Gasteiger partial charge on any atom is 0.336 e. The first-order chi connectivity index (χ1) is 14.0. The van der Waals surface area contributed by atoms with E-state index in [0.29, 0.717) is 17.2 Å². The van der Waals surface area contributed by atoms with E-state index >= 15 is 0 Å². The highest BCUT2D eigenvalue weighted by atomic mass is 35.5. The second-order valence-electron chi connectivity index (χ2n) is 7.42. The van der Waals surface area contributed by atoms with Crippen LogP contribution in [-0.4, -0.2) is 25.7 Å². The quantitative estimate of drug-likeness (QED) is 0.544. The van der Waals surface area contributed by atoms with Crippen molar-refractivity contribution >= 4 is 22.6 Å². The Hall–Kier alpha value is -2.50. The van der Waals surface area contributed by atoms with E-state index in [1.54, 1.807) is 20.3 Å². The molecule has 1 aromatic heterocycles. The molecule has 0 aliphatic carbocycles. The van der Waals surface area contributed by atoms with E-state index in [4.69, 9.17) is 25.5 Å². The summed E-state index contributed by atoms with van der Waals surface area (Å²) in [6.07, 6.45) is 2.09. The van der Waals surface area contributed by atoms with Gasteiger partial charge < -0.3 is 13.9 Å². The van der Waals surface area contributed by atoms with Gasteiger partial charge >= 0.3 is 5.63 Å². The number of hydrogen-bond donors (Lipinski definition) is 0. The van der Waals surface area contributed by atoms with Crippen molar-refractivity contribution in [3.63, 3.8) is 0 Å². The van der Waals surface area contributed by atoms with Gasteiger partial charge in [-0.3, -0.25) is 4.90 Å². The normalized spacial score (nSPS) is 17.0. The number of benzene rings is 2. The lowest BCUT2D eigenvalue weighted by Gasteiger charge is -2.27. The van der Waals surface area contributed by atoms with Gasteiger partial charge in [0, 0.05) is 34.6 Å². The Labute approximate surface area is 174 Å². The molecule has 0 amide bonds. The lowest BCUT2D eigenvalue weighted by atomic mass is 10.0. The van der Waals surface area contributed by atoms with Crippen LogP contribution in [0.1, 0.15) is 35.6 Å². The molecule has 0 saturated carbocycles. The molecule has 1 aliphatic rings. The molecule has 152 valence electrons. The predicted octanol–water partition coefficient (Wildman–Crippen LogP) is 5.11. The van der Waals surface area contributed by atoms with Gasteiger partial charge in [0.2, 0.25) is 0 Å². The lowest BCUT2D eigenvalue weighted by Crippen LogP contribution is -2.24. The fourth-order valence-electron chi connectivity index (χ4n) is 4.17. The number of halogens is 1. The van der Waals surface area contributed by atoms with Crippen LogP contribution >= 0.6 is 11.6 Å². The van der Waals surface area contributed by atoms with Crippen molar-refractivity contribution in [2.75, 3.05) is 20.8 Å². The van der Waals surface area contributed by atoms with Gasteiger partial charge in [0.25, 0.3) is 0 Å². The summed E-state index contributed by atoms with van der Waals surface area (Å²) < 4.78 is 16.4. The van der Waals surface area contributed by atoms with Crippen LogP contribution < -0.4 is 15.1 Å². The highest BCUT2D eigenvalue weighted by Gasteiger charge is 2.29. The van der Waals surface area contributed by atoms with Gasteiger partial charge in [-0.1, -0.05) is 11.6 Å². The zero-order valence-electron chi connectivity index (χ0n) is 16.8. The SMILES string of the molecule is COc1ccc(OC)c(C2CCCN2Cc2cc(=O)oc3cc(C)c(Cl)cc23)c1. The number of nitrogens with zero attached hydrogens (tertiary/aromatic N) is 1. The molecule has 1 saturated heterocycles. The molecule has 3 aromatic rings. The Balaban J connectivity index is 1.73. The number of ether oxygens (including phenoxy) is 2. The van der Waals surface area contributed by atoms with Gasteiger partial charge in [0.1, 0.15) is 17.1 Å². The van der Waals surface area contributed by atoms with Crippen molar-refractivity contribution in [2.24, 2.45) is 0 Å². The van der Waals surface area contributed by atoms with Crippen LogP contribution in [-0.2, 0) is 6.54 Å². The van der Waals surface area contributed by atoms with Crippen LogP contribution in [0.15, 0.2) is 45.6 Å². The van der Waals surface area contributed by atoms with E-state index in [1.165, 1.54) is 0 Å². The molecule has 1 unspecified atom stereocenters. The number of hydrogen-bond acceptors (Lipinski definition) is 5. The van der Waals surface area contributed by atoms with E-state index < -0.39 is 0 Å². The van der Waals surface area contributed by atoms with Crippen LogP contribution in [0.5, 0.6) is 11.5 Å². The fourth-order valence-corrected chi connectivity index (χ4v) is 4.33. The summed E-state index contributed by atoms with van der Waals surface area (Å²) >= 11 is 6.35. The van der Waals surface area contributed by atoms with Crippen LogP contribution in [0.2, 0.25) is 5.02 Å². The van der Waals surface area contributed by atoms with Crippen LogP contribution in [0.3, 0.4) is 0 Å². The molecular weight excluding hydrogens is 390 g/mol. The summed E-state index contributed by atoms with van der Waals surface area (Å²) in [5.41, 5.74) is 3.14. The molecule has 1 atom stereocenters. The molecule has 2 aromatic carbocycles. The monoisotopic (exact) mass is 413 g/mol. The predicted molar refractivity (Wildman–Crippen MR) is 114 cm³/mol. The number of rotatable bonds is 5. The minimum Gasteiger partial charge on any atom is -0.497 e. The molecule has 2 heterocycles. The van der Waals surface area contributed by atoms with Crippen LogP contribution in [0, 0.1) is 6.92 Å². The number of aryl methyl sites for hydroxylation is 1. The Morgan fingerprint density at radius 3 is 2.76 bits per heavy atom. The third-order valence-corrected chi connectivity index (χ3v) is 6.05. The average Bonchev–Trinajstić information content (AvgIpc) is 3.17. The molecule has 1 fully saturated rings. The summed E-state index contributed by atoms with van der Waals surface area (Å²) in [5.74, 6) is 1.65. The zero-order chi connectivity index (χ0) is 20.5. The third kappa shape index (κ3) is 3.85. The van der Waals surface area contributed by atoms with Crippen molar-refractivity contribution in [1.82, 2.24) is 4.90 Å². The van der Waals surface area contributed by atoms with E-state index in [1.807, 2.05) is 37.3 Å². The van der Waals surface area contributed by atoms with Gasteiger partial charge in [-0.15, -0.1) is 0 Å². The fraction of sp³-hybridized carbons (Fsp3) is 0.348. The molecule has 6 heteroatoms. The number of fused-ring (bicyclic) bond motifs is 1. The van der Waals surface area contributed by atoms with E-state index in [-0.39, 0.29) is 11.7 Å². The number of methoxy groups -OCH3 is 2. The van der Waals surface area contributed by atoms with Gasteiger partial charge in [-0.05, 0) is 67.8 Å². The molecule has 0 bridgehead atoms. The minimum absolute atomic E-state index is 0.184. The average molecular weight is 414 g/mol. The van der Waals surface area contributed by atoms with Crippen LogP contribution in [0.4, 0.5) is 0 Å². The maximum atomic E-state index is 12.2. The molecule has 0 spiro atoms. The summed E-state index contributed by atoms with van der Waals surface area (Å²) in [6, 6.07) is 11.4. The molecule has 0 N–H and O–H groups in total. The largest absolute Gasteiger partial charge is 0.497 e. The highest BCUT2D eigenvalue weighted by molar-refractivity contribution is 6.32. The van der Waals surface area contributed by atoms with Crippen molar-refractivity contribution in [3.8, 4) is 11.5 Å². The topological polar surface area (TPSA) is 51.9 Å². The third-order valence-electron chi connectivity index (χ3n) is 5.64. The smallest absolute Gasteiger partial charge is 0.336 e. The van der Waals surface area contributed by atoms with Crippen LogP contribution in [0.25, 0.3) is 11.0 Å². The molecule has 29 heavy (non-hydrogen) atoms. The van der Waals surface area contributed by atoms with Gasteiger partial charge in [0.05, 0.1) is 14.2 Å². The van der Waals surface area contributed by atoms with Gasteiger partial charge in [-0.2, -0.15) is 0 Å². The summed E-state index contributed by atoms with van der Waals surface area (Å²) in [6.45, 7) is 3.47. The Bertz CT molecular complexity index is 1110. The lowest BCUT2D eigenvalue weighted by molar-refractivity contribution is 0.243. The zero-order valence-corrected chi connectivity index (χ0v) is 17.6. The van der Waals surface area contributed by atoms with E-state index in [0.717, 1.165) is 53.0 Å². The molecule has 5 nitrogen and oxygen atoms in total.